The highest BCUT2D eigenvalue weighted by molar-refractivity contribution is 8.01. The van der Waals surface area contributed by atoms with Crippen molar-refractivity contribution < 1.29 is 5.11 Å². The predicted octanol–water partition coefficient (Wildman–Crippen LogP) is 2.30. The van der Waals surface area contributed by atoms with Gasteiger partial charge in [0.15, 0.2) is 5.16 Å². The maximum Gasteiger partial charge on any atom is 0.258 e. The second-order valence-corrected chi connectivity index (χ2v) is 4.58. The third-order valence-corrected chi connectivity index (χ3v) is 2.97. The highest BCUT2D eigenvalue weighted by atomic mass is 32.2. The number of nitrogens with zero attached hydrogens (tertiary/aromatic N) is 1. The summed E-state index contributed by atoms with van der Waals surface area (Å²) in [4.78, 5) is 18.4. The second kappa shape index (κ2) is 5.55. The lowest BCUT2D eigenvalue weighted by atomic mass is 10.1. The van der Waals surface area contributed by atoms with Gasteiger partial charge < -0.3 is 10.1 Å². The molecule has 2 aromatic rings. The average Bonchev–Trinajstić information content (AvgIpc) is 2.36. The van der Waals surface area contributed by atoms with Gasteiger partial charge in [0.05, 0.1) is 5.56 Å². The number of aromatic amines is 1. The van der Waals surface area contributed by atoms with Gasteiger partial charge in [0.1, 0.15) is 0 Å². The molecule has 0 spiro atoms. The second-order valence-electron chi connectivity index (χ2n) is 3.62. The van der Waals surface area contributed by atoms with Gasteiger partial charge in [0.2, 0.25) is 5.88 Å². The lowest BCUT2D eigenvalue weighted by molar-refractivity contribution is 0.437. The minimum Gasteiger partial charge on any atom is -0.493 e. The third kappa shape index (κ3) is 2.81. The first-order chi connectivity index (χ1) is 8.70. The van der Waals surface area contributed by atoms with Crippen molar-refractivity contribution in [3.63, 3.8) is 0 Å². The van der Waals surface area contributed by atoms with Crippen LogP contribution in [0.25, 0.3) is 0 Å². The van der Waals surface area contributed by atoms with Crippen LogP contribution in [-0.4, -0.2) is 15.1 Å². The fourth-order valence-electron chi connectivity index (χ4n) is 1.56. The Morgan fingerprint density at radius 2 is 2.11 bits per heavy atom. The molecule has 0 fully saturated rings. The molecule has 4 nitrogen and oxygen atoms in total. The predicted molar refractivity (Wildman–Crippen MR) is 71.8 cm³/mol. The normalized spacial score (nSPS) is 10.2. The van der Waals surface area contributed by atoms with Crippen LogP contribution in [0.3, 0.4) is 0 Å². The molecule has 0 aliphatic carbocycles. The van der Waals surface area contributed by atoms with E-state index < -0.39 is 0 Å². The minimum absolute atomic E-state index is 0.230. The molecule has 1 aromatic carbocycles. The van der Waals surface area contributed by atoms with E-state index in [-0.39, 0.29) is 17.0 Å². The monoisotopic (exact) mass is 260 g/mol. The molecule has 0 radical (unpaired) electrons. The van der Waals surface area contributed by atoms with E-state index in [0.717, 1.165) is 17.3 Å². The summed E-state index contributed by atoms with van der Waals surface area (Å²) in [5.41, 5.74) is 0.898. The fourth-order valence-corrected chi connectivity index (χ4v) is 2.01. The van der Waals surface area contributed by atoms with Crippen molar-refractivity contribution in [1.29, 1.82) is 0 Å². The van der Waals surface area contributed by atoms with Crippen LogP contribution >= 0.6 is 11.8 Å². The van der Waals surface area contributed by atoms with Crippen molar-refractivity contribution in [2.45, 2.75) is 11.6 Å². The van der Waals surface area contributed by atoms with Crippen LogP contribution in [-0.2, 0) is 6.42 Å². The van der Waals surface area contributed by atoms with Crippen LogP contribution in [0, 0.1) is 0 Å². The Labute approximate surface area is 108 Å². The largest absolute Gasteiger partial charge is 0.493 e. The van der Waals surface area contributed by atoms with E-state index in [4.69, 9.17) is 0 Å². The third-order valence-electron chi connectivity index (χ3n) is 2.39. The fraction of sp³-hybridized carbons (Fsp3) is 0.0769. The van der Waals surface area contributed by atoms with E-state index in [0.29, 0.717) is 11.6 Å². The van der Waals surface area contributed by atoms with Crippen LogP contribution in [0.1, 0.15) is 11.1 Å². The molecule has 0 saturated heterocycles. The Hall–Kier alpha value is -2.01. The molecule has 2 rings (SSSR count). The molecule has 0 bridgehead atoms. The topological polar surface area (TPSA) is 66.0 Å². The number of nitrogens with one attached hydrogen (secondary N) is 1. The number of aromatic hydroxyl groups is 1. The van der Waals surface area contributed by atoms with E-state index in [1.165, 1.54) is 5.41 Å². The quantitative estimate of drug-likeness (QED) is 0.654. The first-order valence-electron chi connectivity index (χ1n) is 5.34. The standard InChI is InChI=1S/C13H12N2O2S/c1-2-18-13-14-11(16)10(12(17)15-13)8-9-6-4-3-5-7-9/h2-7H,1,8H2,(H2,14,15,16,17). The summed E-state index contributed by atoms with van der Waals surface area (Å²) in [5.74, 6) is -0.230. The molecular weight excluding hydrogens is 248 g/mol. The molecule has 0 atom stereocenters. The summed E-state index contributed by atoms with van der Waals surface area (Å²) in [7, 11) is 0. The first kappa shape index (κ1) is 12.4. The van der Waals surface area contributed by atoms with Crippen molar-refractivity contribution in [3.8, 4) is 5.88 Å². The SMILES string of the molecule is C=CSc1nc(O)c(Cc2ccccc2)c(=O)[nH]1. The Morgan fingerprint density at radius 1 is 1.39 bits per heavy atom. The Morgan fingerprint density at radius 3 is 2.72 bits per heavy atom. The molecule has 1 heterocycles. The molecule has 0 saturated carbocycles. The van der Waals surface area contributed by atoms with Gasteiger partial charge >= 0.3 is 0 Å². The lowest BCUT2D eigenvalue weighted by Crippen LogP contribution is -2.15. The van der Waals surface area contributed by atoms with Crippen molar-refractivity contribution in [1.82, 2.24) is 9.97 Å². The summed E-state index contributed by atoms with van der Waals surface area (Å²) in [6.07, 6.45) is 0.355. The summed E-state index contributed by atoms with van der Waals surface area (Å²) < 4.78 is 0. The molecular formula is C13H12N2O2S. The molecule has 18 heavy (non-hydrogen) atoms. The number of hydrogen-bond donors (Lipinski definition) is 2. The van der Waals surface area contributed by atoms with Gasteiger partial charge in [0.25, 0.3) is 5.56 Å². The minimum atomic E-state index is -0.323. The molecule has 0 aliphatic rings. The van der Waals surface area contributed by atoms with Crippen molar-refractivity contribution in [3.05, 3.63) is 63.8 Å². The number of aromatic nitrogens is 2. The highest BCUT2D eigenvalue weighted by Gasteiger charge is 2.11. The van der Waals surface area contributed by atoms with Gasteiger partial charge in [0, 0.05) is 6.42 Å². The van der Waals surface area contributed by atoms with Gasteiger partial charge in [-0.15, -0.1) is 0 Å². The molecule has 5 heteroatoms. The van der Waals surface area contributed by atoms with Crippen molar-refractivity contribution in [2.75, 3.05) is 0 Å². The van der Waals surface area contributed by atoms with E-state index in [9.17, 15) is 9.90 Å². The number of hydrogen-bond acceptors (Lipinski definition) is 4. The molecule has 2 N–H and O–H groups in total. The number of thioether (sulfide) groups is 1. The van der Waals surface area contributed by atoms with Gasteiger partial charge in [-0.25, -0.2) is 0 Å². The maximum absolute atomic E-state index is 11.8. The number of rotatable bonds is 4. The van der Waals surface area contributed by atoms with Crippen LogP contribution in [0.5, 0.6) is 5.88 Å². The van der Waals surface area contributed by atoms with Crippen LogP contribution in [0.2, 0.25) is 0 Å². The molecule has 0 unspecified atom stereocenters. The van der Waals surface area contributed by atoms with E-state index in [2.05, 4.69) is 16.5 Å². The Kier molecular flexibility index (Phi) is 3.84. The van der Waals surface area contributed by atoms with E-state index in [1.54, 1.807) is 0 Å². The van der Waals surface area contributed by atoms with Gasteiger partial charge in [-0.1, -0.05) is 48.7 Å². The molecule has 0 aliphatic heterocycles. The van der Waals surface area contributed by atoms with Crippen LogP contribution < -0.4 is 5.56 Å². The highest BCUT2D eigenvalue weighted by Crippen LogP contribution is 2.18. The van der Waals surface area contributed by atoms with Crippen molar-refractivity contribution >= 4 is 11.8 Å². The summed E-state index contributed by atoms with van der Waals surface area (Å²) in [5, 5.41) is 11.7. The molecule has 92 valence electrons. The Balaban J connectivity index is 2.34. The summed E-state index contributed by atoms with van der Waals surface area (Å²) in [6, 6.07) is 9.46. The van der Waals surface area contributed by atoms with Crippen LogP contribution in [0.15, 0.2) is 52.3 Å². The summed E-state index contributed by atoms with van der Waals surface area (Å²) >= 11 is 1.16. The van der Waals surface area contributed by atoms with E-state index in [1.807, 2.05) is 30.3 Å². The first-order valence-corrected chi connectivity index (χ1v) is 6.22. The maximum atomic E-state index is 11.8. The lowest BCUT2D eigenvalue weighted by Gasteiger charge is -2.04. The molecule has 0 amide bonds. The average molecular weight is 260 g/mol. The van der Waals surface area contributed by atoms with Gasteiger partial charge in [-0.05, 0) is 11.0 Å². The zero-order valence-electron chi connectivity index (χ0n) is 9.59. The summed E-state index contributed by atoms with van der Waals surface area (Å²) in [6.45, 7) is 3.52. The van der Waals surface area contributed by atoms with Crippen LogP contribution in [0.4, 0.5) is 0 Å². The zero-order chi connectivity index (χ0) is 13.0. The number of benzene rings is 1. The smallest absolute Gasteiger partial charge is 0.258 e. The zero-order valence-corrected chi connectivity index (χ0v) is 10.4. The van der Waals surface area contributed by atoms with E-state index >= 15 is 0 Å². The van der Waals surface area contributed by atoms with Gasteiger partial charge in [-0.3, -0.25) is 4.79 Å². The Bertz CT molecular complexity index is 608. The van der Waals surface area contributed by atoms with Crippen molar-refractivity contribution in [2.24, 2.45) is 0 Å². The van der Waals surface area contributed by atoms with Gasteiger partial charge in [-0.2, -0.15) is 4.98 Å². The number of H-pyrrole nitrogens is 1. The molecule has 1 aromatic heterocycles.